The first kappa shape index (κ1) is 20.6. The zero-order chi connectivity index (χ0) is 18.3. The molecule has 1 atom stereocenters. The third kappa shape index (κ3) is 5.55. The Labute approximate surface area is 144 Å². The molecule has 0 fully saturated rings. The molecule has 1 amide bonds. The molecule has 1 rings (SSSR count). The van der Waals surface area contributed by atoms with Gasteiger partial charge in [-0.1, -0.05) is 6.07 Å². The standard InChI is InChI=1S/C16H27N3O4S/c1-13(19(4)10-7-11-23-5)16(20)17-14-8-6-9-15(12-14)24(21,22)18(2)3/h6,8-9,12-13H,7,10-11H2,1-5H3,(H,17,20). The Morgan fingerprint density at radius 2 is 1.96 bits per heavy atom. The van der Waals surface area contributed by atoms with Crippen LogP contribution < -0.4 is 5.32 Å². The highest BCUT2D eigenvalue weighted by atomic mass is 32.2. The van der Waals surface area contributed by atoms with Gasteiger partial charge in [0.05, 0.1) is 10.9 Å². The predicted octanol–water partition coefficient (Wildman–Crippen LogP) is 1.23. The third-order valence-electron chi connectivity index (χ3n) is 3.78. The van der Waals surface area contributed by atoms with Crippen LogP contribution >= 0.6 is 0 Å². The molecule has 7 nitrogen and oxygen atoms in total. The quantitative estimate of drug-likeness (QED) is 0.673. The van der Waals surface area contributed by atoms with Gasteiger partial charge in [-0.3, -0.25) is 9.69 Å². The van der Waals surface area contributed by atoms with E-state index in [-0.39, 0.29) is 16.8 Å². The van der Waals surface area contributed by atoms with Gasteiger partial charge < -0.3 is 10.1 Å². The van der Waals surface area contributed by atoms with Gasteiger partial charge in [0.2, 0.25) is 15.9 Å². The Morgan fingerprint density at radius 1 is 1.29 bits per heavy atom. The van der Waals surface area contributed by atoms with E-state index in [2.05, 4.69) is 5.32 Å². The fourth-order valence-electron chi connectivity index (χ4n) is 2.04. The molecule has 0 bridgehead atoms. The van der Waals surface area contributed by atoms with E-state index in [9.17, 15) is 13.2 Å². The van der Waals surface area contributed by atoms with Crippen LogP contribution in [-0.2, 0) is 19.6 Å². The minimum absolute atomic E-state index is 0.145. The number of amides is 1. The van der Waals surface area contributed by atoms with Gasteiger partial charge in [0.25, 0.3) is 0 Å². The van der Waals surface area contributed by atoms with Crippen LogP contribution in [0.15, 0.2) is 29.2 Å². The summed E-state index contributed by atoms with van der Waals surface area (Å²) in [5.41, 5.74) is 0.458. The molecule has 0 heterocycles. The number of hydrogen-bond donors (Lipinski definition) is 1. The van der Waals surface area contributed by atoms with Gasteiger partial charge in [-0.05, 0) is 38.6 Å². The highest BCUT2D eigenvalue weighted by Gasteiger charge is 2.20. The molecule has 0 saturated heterocycles. The molecule has 0 aliphatic carbocycles. The second-order valence-corrected chi connectivity index (χ2v) is 7.96. The maximum Gasteiger partial charge on any atom is 0.242 e. The minimum atomic E-state index is -3.53. The lowest BCUT2D eigenvalue weighted by Gasteiger charge is -2.23. The number of anilines is 1. The molecule has 0 saturated carbocycles. The fourth-order valence-corrected chi connectivity index (χ4v) is 2.99. The Hall–Kier alpha value is -1.48. The molecule has 0 aliphatic rings. The molecule has 1 aromatic carbocycles. The van der Waals surface area contributed by atoms with Gasteiger partial charge in [-0.25, -0.2) is 12.7 Å². The average molecular weight is 357 g/mol. The van der Waals surface area contributed by atoms with Crippen molar-refractivity contribution in [1.82, 2.24) is 9.21 Å². The van der Waals surface area contributed by atoms with Gasteiger partial charge >= 0.3 is 0 Å². The molecular weight excluding hydrogens is 330 g/mol. The van der Waals surface area contributed by atoms with Gasteiger partial charge in [0.1, 0.15) is 0 Å². The van der Waals surface area contributed by atoms with Crippen LogP contribution in [0.2, 0.25) is 0 Å². The number of ether oxygens (including phenoxy) is 1. The van der Waals surface area contributed by atoms with Crippen molar-refractivity contribution in [2.45, 2.75) is 24.3 Å². The first-order chi connectivity index (χ1) is 11.2. The Balaban J connectivity index is 2.77. The maximum absolute atomic E-state index is 12.3. The van der Waals surface area contributed by atoms with Crippen molar-refractivity contribution in [2.24, 2.45) is 0 Å². The monoisotopic (exact) mass is 357 g/mol. The molecular formula is C16H27N3O4S. The van der Waals surface area contributed by atoms with Crippen LogP contribution in [0, 0.1) is 0 Å². The van der Waals surface area contributed by atoms with E-state index in [0.29, 0.717) is 12.3 Å². The van der Waals surface area contributed by atoms with Gasteiger partial charge in [0.15, 0.2) is 0 Å². The summed E-state index contributed by atoms with van der Waals surface area (Å²) in [4.78, 5) is 14.4. The third-order valence-corrected chi connectivity index (χ3v) is 5.59. The van der Waals surface area contributed by atoms with Crippen LogP contribution in [0.3, 0.4) is 0 Å². The summed E-state index contributed by atoms with van der Waals surface area (Å²) < 4.78 is 30.4. The van der Waals surface area contributed by atoms with Gasteiger partial charge in [-0.2, -0.15) is 0 Å². The van der Waals surface area contributed by atoms with E-state index in [1.807, 2.05) is 18.9 Å². The van der Waals surface area contributed by atoms with Crippen molar-refractivity contribution < 1.29 is 17.9 Å². The molecule has 1 unspecified atom stereocenters. The molecule has 136 valence electrons. The highest BCUT2D eigenvalue weighted by Crippen LogP contribution is 2.18. The lowest BCUT2D eigenvalue weighted by Crippen LogP contribution is -2.40. The smallest absolute Gasteiger partial charge is 0.242 e. The summed E-state index contributed by atoms with van der Waals surface area (Å²) in [5, 5.41) is 2.77. The second kappa shape index (κ2) is 9.12. The number of benzene rings is 1. The first-order valence-corrected chi connectivity index (χ1v) is 9.16. The average Bonchev–Trinajstić information content (AvgIpc) is 2.54. The largest absolute Gasteiger partial charge is 0.385 e. The zero-order valence-electron chi connectivity index (χ0n) is 14.9. The van der Waals surface area contributed by atoms with Crippen LogP contribution in [-0.4, -0.2) is 71.0 Å². The number of nitrogens with one attached hydrogen (secondary N) is 1. The zero-order valence-corrected chi connectivity index (χ0v) is 15.8. The first-order valence-electron chi connectivity index (χ1n) is 7.72. The van der Waals surface area contributed by atoms with Crippen LogP contribution in [0.1, 0.15) is 13.3 Å². The Kier molecular flexibility index (Phi) is 7.82. The molecule has 8 heteroatoms. The topological polar surface area (TPSA) is 79.0 Å². The van der Waals surface area contributed by atoms with Crippen molar-refractivity contribution in [3.05, 3.63) is 24.3 Å². The van der Waals surface area contributed by atoms with E-state index >= 15 is 0 Å². The number of carbonyl (C=O) groups excluding carboxylic acids is 1. The summed E-state index contributed by atoms with van der Waals surface area (Å²) in [6, 6.07) is 5.91. The number of carbonyl (C=O) groups is 1. The molecule has 0 radical (unpaired) electrons. The SMILES string of the molecule is COCCCN(C)C(C)C(=O)Nc1cccc(S(=O)(=O)N(C)C)c1. The van der Waals surface area contributed by atoms with E-state index in [4.69, 9.17) is 4.74 Å². The highest BCUT2D eigenvalue weighted by molar-refractivity contribution is 7.89. The number of likely N-dealkylation sites (N-methyl/N-ethyl adjacent to an activating group) is 1. The fraction of sp³-hybridized carbons (Fsp3) is 0.562. The number of rotatable bonds is 9. The van der Waals surface area contributed by atoms with Crippen molar-refractivity contribution in [1.29, 1.82) is 0 Å². The van der Waals surface area contributed by atoms with Crippen molar-refractivity contribution >= 4 is 21.6 Å². The lowest BCUT2D eigenvalue weighted by atomic mass is 10.2. The van der Waals surface area contributed by atoms with E-state index in [0.717, 1.165) is 17.3 Å². The molecule has 1 aromatic rings. The van der Waals surface area contributed by atoms with Crippen molar-refractivity contribution in [3.63, 3.8) is 0 Å². The molecule has 24 heavy (non-hydrogen) atoms. The molecule has 0 aliphatic heterocycles. The predicted molar refractivity (Wildman–Crippen MR) is 94.5 cm³/mol. The van der Waals surface area contributed by atoms with Crippen LogP contribution in [0.4, 0.5) is 5.69 Å². The van der Waals surface area contributed by atoms with E-state index < -0.39 is 10.0 Å². The minimum Gasteiger partial charge on any atom is -0.385 e. The Bertz CT molecular complexity index is 646. The van der Waals surface area contributed by atoms with E-state index in [1.165, 1.54) is 26.2 Å². The van der Waals surface area contributed by atoms with Crippen molar-refractivity contribution in [2.75, 3.05) is 46.7 Å². The molecule has 0 spiro atoms. The van der Waals surface area contributed by atoms with Gasteiger partial charge in [0, 0.05) is 40.0 Å². The lowest BCUT2D eigenvalue weighted by molar-refractivity contribution is -0.120. The number of methoxy groups -OCH3 is 1. The van der Waals surface area contributed by atoms with Crippen LogP contribution in [0.25, 0.3) is 0 Å². The van der Waals surface area contributed by atoms with Gasteiger partial charge in [-0.15, -0.1) is 0 Å². The normalized spacial score (nSPS) is 13.3. The molecule has 1 N–H and O–H groups in total. The number of nitrogens with zero attached hydrogens (tertiary/aromatic N) is 2. The Morgan fingerprint density at radius 3 is 2.54 bits per heavy atom. The molecule has 0 aromatic heterocycles. The summed E-state index contributed by atoms with van der Waals surface area (Å²) in [5.74, 6) is -0.186. The summed E-state index contributed by atoms with van der Waals surface area (Å²) in [7, 11) is 2.92. The van der Waals surface area contributed by atoms with Crippen LogP contribution in [0.5, 0.6) is 0 Å². The maximum atomic E-state index is 12.3. The van der Waals surface area contributed by atoms with E-state index in [1.54, 1.807) is 19.2 Å². The summed E-state index contributed by atoms with van der Waals surface area (Å²) in [6.07, 6.45) is 0.835. The summed E-state index contributed by atoms with van der Waals surface area (Å²) in [6.45, 7) is 3.18. The number of hydrogen-bond acceptors (Lipinski definition) is 5. The van der Waals surface area contributed by atoms with Crippen molar-refractivity contribution in [3.8, 4) is 0 Å². The summed E-state index contributed by atoms with van der Waals surface area (Å²) >= 11 is 0. The number of sulfonamides is 1. The second-order valence-electron chi connectivity index (χ2n) is 5.81.